The SMILES string of the molecule is O=C1CN(C2CCCCCC2)[C@@H]2CS(=O)(=O)C[C@H]2N1c1ccccc1. The van der Waals surface area contributed by atoms with Gasteiger partial charge in [-0.2, -0.15) is 0 Å². The number of nitrogens with zero attached hydrogens (tertiary/aromatic N) is 2. The normalized spacial score (nSPS) is 30.9. The summed E-state index contributed by atoms with van der Waals surface area (Å²) in [5.41, 5.74) is 0.820. The van der Waals surface area contributed by atoms with E-state index in [9.17, 15) is 13.2 Å². The van der Waals surface area contributed by atoms with Gasteiger partial charge in [-0.3, -0.25) is 9.69 Å². The summed E-state index contributed by atoms with van der Waals surface area (Å²) in [6.45, 7) is 0.343. The van der Waals surface area contributed by atoms with Crippen LogP contribution in [-0.2, 0) is 14.6 Å². The molecule has 0 N–H and O–H groups in total. The first kappa shape index (κ1) is 17.0. The number of carbonyl (C=O) groups excluding carboxylic acids is 1. The molecule has 25 heavy (non-hydrogen) atoms. The van der Waals surface area contributed by atoms with Crippen molar-refractivity contribution in [3.05, 3.63) is 30.3 Å². The molecule has 3 fully saturated rings. The van der Waals surface area contributed by atoms with Gasteiger partial charge in [0.15, 0.2) is 9.84 Å². The lowest BCUT2D eigenvalue weighted by Crippen LogP contribution is -2.64. The van der Waals surface area contributed by atoms with Crippen LogP contribution in [0.1, 0.15) is 38.5 Å². The van der Waals surface area contributed by atoms with Crippen LogP contribution in [0.15, 0.2) is 30.3 Å². The van der Waals surface area contributed by atoms with Crippen molar-refractivity contribution in [1.29, 1.82) is 0 Å². The van der Waals surface area contributed by atoms with Crippen LogP contribution in [0.25, 0.3) is 0 Å². The highest BCUT2D eigenvalue weighted by atomic mass is 32.2. The van der Waals surface area contributed by atoms with Crippen molar-refractivity contribution in [2.45, 2.75) is 56.7 Å². The van der Waals surface area contributed by atoms with E-state index < -0.39 is 9.84 Å². The highest BCUT2D eigenvalue weighted by Gasteiger charge is 2.51. The maximum Gasteiger partial charge on any atom is 0.241 e. The number of para-hydroxylation sites is 1. The number of rotatable bonds is 2. The van der Waals surface area contributed by atoms with Crippen molar-refractivity contribution >= 4 is 21.4 Å². The first-order valence-electron chi connectivity index (χ1n) is 9.38. The quantitative estimate of drug-likeness (QED) is 0.757. The molecule has 0 unspecified atom stereocenters. The molecule has 2 heterocycles. The van der Waals surface area contributed by atoms with Crippen LogP contribution in [0.3, 0.4) is 0 Å². The zero-order valence-electron chi connectivity index (χ0n) is 14.5. The molecular formula is C19H26N2O3S. The number of carbonyl (C=O) groups is 1. The molecule has 0 bridgehead atoms. The molecule has 1 saturated carbocycles. The van der Waals surface area contributed by atoms with Crippen LogP contribution in [-0.4, -0.2) is 55.4 Å². The van der Waals surface area contributed by atoms with Gasteiger partial charge in [-0.15, -0.1) is 0 Å². The maximum atomic E-state index is 13.0. The van der Waals surface area contributed by atoms with Gasteiger partial charge in [0.05, 0.1) is 24.1 Å². The lowest BCUT2D eigenvalue weighted by Gasteiger charge is -2.46. The fourth-order valence-electron chi connectivity index (χ4n) is 4.82. The molecule has 136 valence electrons. The van der Waals surface area contributed by atoms with Gasteiger partial charge in [0.2, 0.25) is 5.91 Å². The molecule has 4 rings (SSSR count). The summed E-state index contributed by atoms with van der Waals surface area (Å²) in [5, 5.41) is 0. The van der Waals surface area contributed by atoms with E-state index in [1.165, 1.54) is 25.7 Å². The number of sulfone groups is 1. The van der Waals surface area contributed by atoms with Crippen LogP contribution in [0.2, 0.25) is 0 Å². The van der Waals surface area contributed by atoms with Gasteiger partial charge in [0.1, 0.15) is 0 Å². The topological polar surface area (TPSA) is 57.7 Å². The van der Waals surface area contributed by atoms with Crippen LogP contribution < -0.4 is 4.90 Å². The molecule has 1 aromatic rings. The monoisotopic (exact) mass is 362 g/mol. The Morgan fingerprint density at radius 1 is 0.880 bits per heavy atom. The number of piperazine rings is 1. The predicted molar refractivity (Wildman–Crippen MR) is 98.4 cm³/mol. The molecule has 1 aliphatic carbocycles. The molecule has 0 spiro atoms. The number of fused-ring (bicyclic) bond motifs is 1. The third-order valence-corrected chi connectivity index (χ3v) is 7.66. The standard InChI is InChI=1S/C19H26N2O3S/c22-19-12-20(15-8-4-1-2-5-9-15)17-13-25(23,24)14-18(17)21(19)16-10-6-3-7-11-16/h3,6-7,10-11,15,17-18H,1-2,4-5,8-9,12-14H2/t17-,18-/m1/s1. The van der Waals surface area contributed by atoms with Crippen LogP contribution >= 0.6 is 0 Å². The smallest absolute Gasteiger partial charge is 0.241 e. The maximum absolute atomic E-state index is 13.0. The fourth-order valence-corrected chi connectivity index (χ4v) is 6.78. The fraction of sp³-hybridized carbons (Fsp3) is 0.632. The molecule has 0 aromatic heterocycles. The van der Waals surface area contributed by atoms with Gasteiger partial charge >= 0.3 is 0 Å². The number of hydrogen-bond donors (Lipinski definition) is 0. The van der Waals surface area contributed by atoms with E-state index in [0.29, 0.717) is 12.6 Å². The zero-order chi connectivity index (χ0) is 17.4. The summed E-state index contributed by atoms with van der Waals surface area (Å²) in [6, 6.07) is 9.56. The molecule has 0 radical (unpaired) electrons. The van der Waals surface area contributed by atoms with Gasteiger partial charge in [-0.05, 0) is 25.0 Å². The van der Waals surface area contributed by atoms with E-state index in [1.807, 2.05) is 30.3 Å². The van der Waals surface area contributed by atoms with Gasteiger partial charge in [-0.1, -0.05) is 43.9 Å². The predicted octanol–water partition coefficient (Wildman–Crippen LogP) is 2.22. The van der Waals surface area contributed by atoms with Crippen molar-refractivity contribution in [3.63, 3.8) is 0 Å². The molecule has 5 nitrogen and oxygen atoms in total. The Kier molecular flexibility index (Phi) is 4.58. The summed E-state index contributed by atoms with van der Waals surface area (Å²) < 4.78 is 24.8. The highest BCUT2D eigenvalue weighted by molar-refractivity contribution is 7.91. The average Bonchev–Trinajstić information content (AvgIpc) is 2.77. The lowest BCUT2D eigenvalue weighted by molar-refractivity contribution is -0.124. The van der Waals surface area contributed by atoms with E-state index >= 15 is 0 Å². The van der Waals surface area contributed by atoms with Gasteiger partial charge in [-0.25, -0.2) is 8.42 Å². The molecule has 1 amide bonds. The summed E-state index contributed by atoms with van der Waals surface area (Å²) in [6.07, 6.45) is 7.04. The average molecular weight is 362 g/mol. The van der Waals surface area contributed by atoms with Crippen LogP contribution in [0.5, 0.6) is 0 Å². The van der Waals surface area contributed by atoms with Crippen molar-refractivity contribution in [3.8, 4) is 0 Å². The molecule has 2 saturated heterocycles. The van der Waals surface area contributed by atoms with E-state index in [2.05, 4.69) is 4.90 Å². The number of anilines is 1. The van der Waals surface area contributed by atoms with E-state index in [1.54, 1.807) is 4.90 Å². The zero-order valence-corrected chi connectivity index (χ0v) is 15.3. The molecule has 6 heteroatoms. The molecule has 2 aliphatic heterocycles. The third-order valence-electron chi connectivity index (χ3n) is 5.97. The van der Waals surface area contributed by atoms with Gasteiger partial charge in [0.25, 0.3) is 0 Å². The first-order valence-corrected chi connectivity index (χ1v) is 11.2. The van der Waals surface area contributed by atoms with Gasteiger partial charge in [0, 0.05) is 17.8 Å². The second-order valence-corrected chi connectivity index (χ2v) is 9.78. The molecule has 1 aromatic carbocycles. The van der Waals surface area contributed by atoms with Crippen molar-refractivity contribution in [1.82, 2.24) is 4.90 Å². The van der Waals surface area contributed by atoms with E-state index in [4.69, 9.17) is 0 Å². The Morgan fingerprint density at radius 3 is 2.20 bits per heavy atom. The summed E-state index contributed by atoms with van der Waals surface area (Å²) in [7, 11) is -3.11. The van der Waals surface area contributed by atoms with Crippen molar-refractivity contribution < 1.29 is 13.2 Å². The number of hydrogen-bond acceptors (Lipinski definition) is 4. The highest BCUT2D eigenvalue weighted by Crippen LogP contribution is 2.35. The Balaban J connectivity index is 1.67. The Morgan fingerprint density at radius 2 is 1.52 bits per heavy atom. The summed E-state index contributed by atoms with van der Waals surface area (Å²) in [4.78, 5) is 17.0. The van der Waals surface area contributed by atoms with Crippen molar-refractivity contribution in [2.75, 3.05) is 23.0 Å². The number of benzene rings is 1. The summed E-state index contributed by atoms with van der Waals surface area (Å²) >= 11 is 0. The van der Waals surface area contributed by atoms with Crippen LogP contribution in [0.4, 0.5) is 5.69 Å². The summed E-state index contributed by atoms with van der Waals surface area (Å²) in [5.74, 6) is 0.306. The molecule has 2 atom stereocenters. The minimum atomic E-state index is -3.11. The lowest BCUT2D eigenvalue weighted by atomic mass is 9.97. The minimum Gasteiger partial charge on any atom is -0.306 e. The largest absolute Gasteiger partial charge is 0.306 e. The molecule has 3 aliphatic rings. The minimum absolute atomic E-state index is 0.0359. The Bertz CT molecular complexity index is 726. The van der Waals surface area contributed by atoms with E-state index in [-0.39, 0.29) is 29.5 Å². The van der Waals surface area contributed by atoms with E-state index in [0.717, 1.165) is 18.5 Å². The second-order valence-electron chi connectivity index (χ2n) is 7.63. The Labute approximate surface area is 149 Å². The van der Waals surface area contributed by atoms with Crippen molar-refractivity contribution in [2.24, 2.45) is 0 Å². The Hall–Kier alpha value is -1.40. The van der Waals surface area contributed by atoms with Gasteiger partial charge < -0.3 is 4.90 Å². The first-order chi connectivity index (χ1) is 12.1. The third kappa shape index (κ3) is 3.34. The van der Waals surface area contributed by atoms with Crippen LogP contribution in [0, 0.1) is 0 Å². The number of amides is 1. The molecular weight excluding hydrogens is 336 g/mol. The second kappa shape index (κ2) is 6.72.